The third kappa shape index (κ3) is 2.72. The molecule has 2 aromatic carbocycles. The Bertz CT molecular complexity index is 827. The fourth-order valence-corrected chi connectivity index (χ4v) is 2.26. The maximum atomic E-state index is 10.9. The van der Waals surface area contributed by atoms with Crippen LogP contribution in [-0.4, -0.2) is 21.0 Å². The van der Waals surface area contributed by atoms with Gasteiger partial charge in [-0.15, -0.1) is 0 Å². The van der Waals surface area contributed by atoms with Gasteiger partial charge in [0.2, 0.25) is 0 Å². The molecule has 4 nitrogen and oxygen atoms in total. The van der Waals surface area contributed by atoms with Gasteiger partial charge in [-0.2, -0.15) is 0 Å². The molecule has 0 bridgehead atoms. The van der Waals surface area contributed by atoms with E-state index in [1.165, 1.54) is 0 Å². The van der Waals surface area contributed by atoms with Crippen molar-refractivity contribution in [2.45, 2.75) is 6.92 Å². The molecule has 1 aromatic heterocycles. The molecule has 0 aliphatic carbocycles. The topological polar surface area (TPSA) is 63.1 Å². The van der Waals surface area contributed by atoms with Crippen LogP contribution in [0.1, 0.15) is 15.9 Å². The number of benzene rings is 2. The third-order valence-electron chi connectivity index (χ3n) is 3.47. The van der Waals surface area contributed by atoms with Crippen molar-refractivity contribution in [3.63, 3.8) is 0 Å². The molecular formula is C18H14N2O2. The van der Waals surface area contributed by atoms with Crippen molar-refractivity contribution in [3.05, 3.63) is 71.9 Å². The van der Waals surface area contributed by atoms with Crippen LogP contribution in [0.5, 0.6) is 0 Å². The summed E-state index contributed by atoms with van der Waals surface area (Å²) in [6.45, 7) is 2.02. The summed E-state index contributed by atoms with van der Waals surface area (Å²) in [5, 5.41) is 8.94. The lowest BCUT2D eigenvalue weighted by Crippen LogP contribution is -1.96. The SMILES string of the molecule is Cc1ccccc1-c1nccc(-c2ccc(C(=O)O)cc2)n1. The fourth-order valence-electron chi connectivity index (χ4n) is 2.26. The predicted octanol–water partition coefficient (Wildman–Crippen LogP) is 3.82. The minimum atomic E-state index is -0.935. The zero-order chi connectivity index (χ0) is 15.5. The molecule has 1 heterocycles. The smallest absolute Gasteiger partial charge is 0.335 e. The van der Waals surface area contributed by atoms with Crippen molar-refractivity contribution in [3.8, 4) is 22.6 Å². The van der Waals surface area contributed by atoms with E-state index in [-0.39, 0.29) is 5.56 Å². The molecule has 0 saturated heterocycles. The van der Waals surface area contributed by atoms with Gasteiger partial charge in [0.25, 0.3) is 0 Å². The molecule has 0 aliphatic rings. The summed E-state index contributed by atoms with van der Waals surface area (Å²) in [5.41, 5.74) is 4.00. The van der Waals surface area contributed by atoms with Gasteiger partial charge in [-0.25, -0.2) is 14.8 Å². The second-order valence-electron chi connectivity index (χ2n) is 4.96. The highest BCUT2D eigenvalue weighted by Gasteiger charge is 2.08. The lowest BCUT2D eigenvalue weighted by Gasteiger charge is -2.06. The van der Waals surface area contributed by atoms with E-state index in [0.29, 0.717) is 5.82 Å². The van der Waals surface area contributed by atoms with E-state index in [2.05, 4.69) is 9.97 Å². The number of hydrogen-bond donors (Lipinski definition) is 1. The molecule has 0 atom stereocenters. The van der Waals surface area contributed by atoms with Crippen molar-refractivity contribution < 1.29 is 9.90 Å². The van der Waals surface area contributed by atoms with Crippen LogP contribution in [0.2, 0.25) is 0 Å². The van der Waals surface area contributed by atoms with E-state index in [1.54, 1.807) is 30.5 Å². The Morgan fingerprint density at radius 2 is 1.73 bits per heavy atom. The molecule has 22 heavy (non-hydrogen) atoms. The molecule has 0 aliphatic heterocycles. The Morgan fingerprint density at radius 1 is 1.00 bits per heavy atom. The highest BCUT2D eigenvalue weighted by atomic mass is 16.4. The van der Waals surface area contributed by atoms with Gasteiger partial charge < -0.3 is 5.11 Å². The Hall–Kier alpha value is -3.01. The average molecular weight is 290 g/mol. The lowest BCUT2D eigenvalue weighted by atomic mass is 10.1. The number of aromatic nitrogens is 2. The summed E-state index contributed by atoms with van der Waals surface area (Å²) in [5.74, 6) is -0.271. The van der Waals surface area contributed by atoms with Crippen LogP contribution in [0.15, 0.2) is 60.8 Å². The molecule has 0 unspecified atom stereocenters. The number of carboxylic acid groups (broad SMARTS) is 1. The van der Waals surface area contributed by atoms with Crippen LogP contribution in [0.4, 0.5) is 0 Å². The van der Waals surface area contributed by atoms with Crippen molar-refractivity contribution in [1.82, 2.24) is 9.97 Å². The van der Waals surface area contributed by atoms with Crippen LogP contribution in [0.25, 0.3) is 22.6 Å². The molecule has 3 rings (SSSR count). The summed E-state index contributed by atoms with van der Waals surface area (Å²) < 4.78 is 0. The minimum Gasteiger partial charge on any atom is -0.478 e. The number of hydrogen-bond acceptors (Lipinski definition) is 3. The van der Waals surface area contributed by atoms with E-state index in [0.717, 1.165) is 22.4 Å². The van der Waals surface area contributed by atoms with Crippen LogP contribution in [0.3, 0.4) is 0 Å². The Morgan fingerprint density at radius 3 is 2.41 bits per heavy atom. The second-order valence-corrected chi connectivity index (χ2v) is 4.96. The van der Waals surface area contributed by atoms with E-state index in [9.17, 15) is 4.79 Å². The fraction of sp³-hybridized carbons (Fsp3) is 0.0556. The van der Waals surface area contributed by atoms with Gasteiger partial charge in [0, 0.05) is 17.3 Å². The Balaban J connectivity index is 2.01. The minimum absolute atomic E-state index is 0.261. The first-order chi connectivity index (χ1) is 10.6. The van der Waals surface area contributed by atoms with Crippen molar-refractivity contribution >= 4 is 5.97 Å². The molecule has 0 radical (unpaired) electrons. The Kier molecular flexibility index (Phi) is 3.66. The Labute approximate surface area is 128 Å². The number of rotatable bonds is 3. The van der Waals surface area contributed by atoms with Gasteiger partial charge in [0.05, 0.1) is 11.3 Å². The van der Waals surface area contributed by atoms with E-state index in [4.69, 9.17) is 5.11 Å². The summed E-state index contributed by atoms with van der Waals surface area (Å²) in [6.07, 6.45) is 1.72. The monoisotopic (exact) mass is 290 g/mol. The number of aryl methyl sites for hydroxylation is 1. The van der Waals surface area contributed by atoms with Gasteiger partial charge in [-0.1, -0.05) is 36.4 Å². The van der Waals surface area contributed by atoms with E-state index in [1.807, 2.05) is 37.3 Å². The number of carbonyl (C=O) groups is 1. The summed E-state index contributed by atoms with van der Waals surface area (Å²) in [7, 11) is 0. The third-order valence-corrected chi connectivity index (χ3v) is 3.47. The van der Waals surface area contributed by atoms with Crippen LogP contribution in [-0.2, 0) is 0 Å². The predicted molar refractivity (Wildman–Crippen MR) is 84.6 cm³/mol. The molecule has 4 heteroatoms. The first kappa shape index (κ1) is 13.9. The molecule has 3 aromatic rings. The molecular weight excluding hydrogens is 276 g/mol. The highest BCUT2D eigenvalue weighted by molar-refractivity contribution is 5.88. The quantitative estimate of drug-likeness (QED) is 0.796. The summed E-state index contributed by atoms with van der Waals surface area (Å²) >= 11 is 0. The normalized spacial score (nSPS) is 10.4. The molecule has 0 amide bonds. The van der Waals surface area contributed by atoms with Gasteiger partial charge in [0.15, 0.2) is 5.82 Å². The van der Waals surface area contributed by atoms with Crippen LogP contribution < -0.4 is 0 Å². The molecule has 0 fully saturated rings. The van der Waals surface area contributed by atoms with Gasteiger partial charge in [-0.3, -0.25) is 0 Å². The second kappa shape index (κ2) is 5.77. The van der Waals surface area contributed by atoms with Gasteiger partial charge in [0.1, 0.15) is 0 Å². The molecule has 108 valence electrons. The van der Waals surface area contributed by atoms with Crippen LogP contribution in [0, 0.1) is 6.92 Å². The first-order valence-electron chi connectivity index (χ1n) is 6.88. The van der Waals surface area contributed by atoms with Gasteiger partial charge in [-0.05, 0) is 30.7 Å². The molecule has 0 saturated carbocycles. The van der Waals surface area contributed by atoms with E-state index < -0.39 is 5.97 Å². The first-order valence-corrected chi connectivity index (χ1v) is 6.88. The number of carboxylic acids is 1. The zero-order valence-corrected chi connectivity index (χ0v) is 12.0. The maximum absolute atomic E-state index is 10.9. The standard InChI is InChI=1S/C18H14N2O2/c1-12-4-2-3-5-15(12)17-19-11-10-16(20-17)13-6-8-14(9-7-13)18(21)22/h2-11H,1H3,(H,21,22). The zero-order valence-electron chi connectivity index (χ0n) is 12.0. The molecule has 0 spiro atoms. The van der Waals surface area contributed by atoms with Crippen molar-refractivity contribution in [2.24, 2.45) is 0 Å². The number of nitrogens with zero attached hydrogens (tertiary/aromatic N) is 2. The lowest BCUT2D eigenvalue weighted by molar-refractivity contribution is 0.0697. The van der Waals surface area contributed by atoms with Crippen LogP contribution >= 0.6 is 0 Å². The van der Waals surface area contributed by atoms with E-state index >= 15 is 0 Å². The van der Waals surface area contributed by atoms with Gasteiger partial charge >= 0.3 is 5.97 Å². The summed E-state index contributed by atoms with van der Waals surface area (Å²) in [6, 6.07) is 16.4. The highest BCUT2D eigenvalue weighted by Crippen LogP contribution is 2.23. The maximum Gasteiger partial charge on any atom is 0.335 e. The molecule has 1 N–H and O–H groups in total. The largest absolute Gasteiger partial charge is 0.478 e. The van der Waals surface area contributed by atoms with Crippen molar-refractivity contribution in [1.29, 1.82) is 0 Å². The number of aromatic carboxylic acids is 1. The summed E-state index contributed by atoms with van der Waals surface area (Å²) in [4.78, 5) is 19.8. The van der Waals surface area contributed by atoms with Crippen molar-refractivity contribution in [2.75, 3.05) is 0 Å². The average Bonchev–Trinajstić information content (AvgIpc) is 2.55.